The predicted molar refractivity (Wildman–Crippen MR) is 109 cm³/mol. The van der Waals surface area contributed by atoms with Gasteiger partial charge in [0.2, 0.25) is 0 Å². The highest BCUT2D eigenvalue weighted by Gasteiger charge is 2.21. The second kappa shape index (κ2) is 9.09. The molecular weight excluding hydrogens is 357 g/mol. The number of fused-ring (bicyclic) bond motifs is 1. The summed E-state index contributed by atoms with van der Waals surface area (Å²) in [5, 5.41) is 8.76. The van der Waals surface area contributed by atoms with E-state index in [2.05, 4.69) is 24.8 Å². The third-order valence-corrected chi connectivity index (χ3v) is 4.98. The number of carbonyl (C=O) groups is 1. The summed E-state index contributed by atoms with van der Waals surface area (Å²) in [6.45, 7) is 6.72. The maximum absolute atomic E-state index is 14.2. The van der Waals surface area contributed by atoms with E-state index in [0.717, 1.165) is 37.2 Å². The summed E-state index contributed by atoms with van der Waals surface area (Å²) < 4.78 is 20.3. The number of benzene rings is 2. The van der Waals surface area contributed by atoms with Gasteiger partial charge in [-0.1, -0.05) is 38.1 Å². The number of hydrogen-bond acceptors (Lipinski definition) is 3. The van der Waals surface area contributed by atoms with Crippen LogP contribution in [0.25, 0.3) is 0 Å². The fourth-order valence-corrected chi connectivity index (χ4v) is 3.73. The lowest BCUT2D eigenvalue weighted by atomic mass is 10.00. The van der Waals surface area contributed by atoms with E-state index >= 15 is 0 Å². The van der Waals surface area contributed by atoms with Crippen LogP contribution < -0.4 is 9.64 Å². The van der Waals surface area contributed by atoms with E-state index in [9.17, 15) is 9.18 Å². The topological polar surface area (TPSA) is 49.8 Å². The first kappa shape index (κ1) is 20.2. The minimum Gasteiger partial charge on any atom is -0.487 e. The molecule has 0 aromatic heterocycles. The Bertz CT molecular complexity index is 835. The van der Waals surface area contributed by atoms with E-state index in [1.54, 1.807) is 6.07 Å². The van der Waals surface area contributed by atoms with Crippen molar-refractivity contribution in [2.45, 2.75) is 46.1 Å². The molecule has 0 saturated carbocycles. The molecule has 28 heavy (non-hydrogen) atoms. The van der Waals surface area contributed by atoms with Crippen LogP contribution in [-0.2, 0) is 24.2 Å². The monoisotopic (exact) mass is 385 g/mol. The third kappa shape index (κ3) is 5.03. The zero-order valence-corrected chi connectivity index (χ0v) is 16.6. The summed E-state index contributed by atoms with van der Waals surface area (Å²) >= 11 is 0. The average molecular weight is 385 g/mol. The van der Waals surface area contributed by atoms with Gasteiger partial charge in [-0.3, -0.25) is 4.79 Å². The van der Waals surface area contributed by atoms with E-state index in [0.29, 0.717) is 11.5 Å². The van der Waals surface area contributed by atoms with Crippen molar-refractivity contribution < 1.29 is 19.0 Å². The van der Waals surface area contributed by atoms with Crippen LogP contribution in [0.3, 0.4) is 0 Å². The Hall–Kier alpha value is -2.56. The Labute approximate surface area is 165 Å². The number of nitrogens with zero attached hydrogens (tertiary/aromatic N) is 1. The van der Waals surface area contributed by atoms with Crippen LogP contribution in [-0.4, -0.2) is 24.2 Å². The molecule has 3 rings (SSSR count). The number of anilines is 1. The van der Waals surface area contributed by atoms with Crippen LogP contribution >= 0.6 is 0 Å². The molecule has 0 atom stereocenters. The maximum atomic E-state index is 14.2. The zero-order valence-electron chi connectivity index (χ0n) is 16.6. The number of hydrogen-bond donors (Lipinski definition) is 1. The number of carboxylic acid groups (broad SMARTS) is 1. The minimum absolute atomic E-state index is 0.0748. The third-order valence-electron chi connectivity index (χ3n) is 4.98. The summed E-state index contributed by atoms with van der Waals surface area (Å²) in [7, 11) is 0. The molecule has 0 aliphatic carbocycles. The van der Waals surface area contributed by atoms with Gasteiger partial charge >= 0.3 is 5.97 Å². The van der Waals surface area contributed by atoms with Gasteiger partial charge in [-0.15, -0.1) is 0 Å². The van der Waals surface area contributed by atoms with Crippen molar-refractivity contribution in [1.29, 1.82) is 0 Å². The SMILES string of the molecule is CC(C)CN1CCCc2cccc(OCc3ccc(CCC(=O)O)c(F)c3)c21. The molecule has 0 radical (unpaired) electrons. The lowest BCUT2D eigenvalue weighted by Gasteiger charge is -2.34. The standard InChI is InChI=1S/C23H28FNO3/c1-16(2)14-25-12-4-6-19-5-3-7-21(23(19)25)28-15-17-8-9-18(20(24)13-17)10-11-22(26)27/h3,5,7-9,13,16H,4,6,10-12,14-15H2,1-2H3,(H,26,27). The molecule has 0 bridgehead atoms. The van der Waals surface area contributed by atoms with Crippen LogP contribution in [0.1, 0.15) is 43.4 Å². The largest absolute Gasteiger partial charge is 0.487 e. The zero-order chi connectivity index (χ0) is 20.1. The number of rotatable bonds is 8. The fourth-order valence-electron chi connectivity index (χ4n) is 3.73. The summed E-state index contributed by atoms with van der Waals surface area (Å²) in [5.41, 5.74) is 3.63. The van der Waals surface area contributed by atoms with E-state index in [1.807, 2.05) is 18.2 Å². The number of ether oxygens (including phenoxy) is 1. The van der Waals surface area contributed by atoms with Gasteiger partial charge in [0, 0.05) is 19.5 Å². The molecule has 0 amide bonds. The Morgan fingerprint density at radius 3 is 2.82 bits per heavy atom. The van der Waals surface area contributed by atoms with Crippen molar-refractivity contribution >= 4 is 11.7 Å². The first-order valence-corrected chi connectivity index (χ1v) is 9.92. The first-order chi connectivity index (χ1) is 13.4. The van der Waals surface area contributed by atoms with Crippen molar-refractivity contribution in [2.24, 2.45) is 5.92 Å². The van der Waals surface area contributed by atoms with Gasteiger partial charge in [0.1, 0.15) is 18.2 Å². The van der Waals surface area contributed by atoms with E-state index in [4.69, 9.17) is 9.84 Å². The molecule has 150 valence electrons. The molecule has 0 saturated heterocycles. The Morgan fingerprint density at radius 2 is 2.11 bits per heavy atom. The molecule has 1 heterocycles. The van der Waals surface area contributed by atoms with E-state index < -0.39 is 5.97 Å². The molecule has 1 N–H and O–H groups in total. The Balaban J connectivity index is 1.73. The van der Waals surface area contributed by atoms with Crippen molar-refractivity contribution in [3.8, 4) is 5.75 Å². The highest BCUT2D eigenvalue weighted by Crippen LogP contribution is 2.37. The molecule has 1 aliphatic rings. The van der Waals surface area contributed by atoms with Gasteiger partial charge in [-0.2, -0.15) is 0 Å². The molecule has 0 fully saturated rings. The number of carboxylic acids is 1. The maximum Gasteiger partial charge on any atom is 0.303 e. The van der Waals surface area contributed by atoms with Crippen LogP contribution in [0.5, 0.6) is 5.75 Å². The van der Waals surface area contributed by atoms with Gasteiger partial charge in [-0.25, -0.2) is 4.39 Å². The molecular formula is C23H28FNO3. The minimum atomic E-state index is -0.924. The number of aryl methyl sites for hydroxylation is 2. The molecule has 0 spiro atoms. The van der Waals surface area contributed by atoms with E-state index in [-0.39, 0.29) is 25.3 Å². The second-order valence-electron chi connectivity index (χ2n) is 7.82. The van der Waals surface area contributed by atoms with Crippen LogP contribution in [0.15, 0.2) is 36.4 Å². The number of aliphatic carboxylic acids is 1. The highest BCUT2D eigenvalue weighted by atomic mass is 19.1. The average Bonchev–Trinajstić information content (AvgIpc) is 2.65. The summed E-state index contributed by atoms with van der Waals surface area (Å²) in [5.74, 6) is 0.102. The van der Waals surface area contributed by atoms with Crippen molar-refractivity contribution in [3.63, 3.8) is 0 Å². The lowest BCUT2D eigenvalue weighted by molar-refractivity contribution is -0.136. The molecule has 2 aromatic rings. The normalized spacial score (nSPS) is 13.5. The molecule has 1 aliphatic heterocycles. The molecule has 0 unspecified atom stereocenters. The van der Waals surface area contributed by atoms with Crippen LogP contribution in [0, 0.1) is 11.7 Å². The smallest absolute Gasteiger partial charge is 0.303 e. The summed E-state index contributed by atoms with van der Waals surface area (Å²) in [6, 6.07) is 11.1. The van der Waals surface area contributed by atoms with Gasteiger partial charge < -0.3 is 14.7 Å². The van der Waals surface area contributed by atoms with Crippen LogP contribution in [0.4, 0.5) is 10.1 Å². The lowest BCUT2D eigenvalue weighted by Crippen LogP contribution is -2.33. The number of halogens is 1. The molecule has 4 nitrogen and oxygen atoms in total. The quantitative estimate of drug-likeness (QED) is 0.707. The van der Waals surface area contributed by atoms with Crippen molar-refractivity contribution in [2.75, 3.05) is 18.0 Å². The second-order valence-corrected chi connectivity index (χ2v) is 7.82. The van der Waals surface area contributed by atoms with Gasteiger partial charge in [0.05, 0.1) is 5.69 Å². The summed E-state index contributed by atoms with van der Waals surface area (Å²) in [6.07, 6.45) is 2.31. The highest BCUT2D eigenvalue weighted by molar-refractivity contribution is 5.67. The Morgan fingerprint density at radius 1 is 1.29 bits per heavy atom. The predicted octanol–water partition coefficient (Wildman–Crippen LogP) is 4.83. The molecule has 2 aromatic carbocycles. The van der Waals surface area contributed by atoms with Gasteiger partial charge in [0.25, 0.3) is 0 Å². The van der Waals surface area contributed by atoms with E-state index in [1.165, 1.54) is 17.3 Å². The van der Waals surface area contributed by atoms with Crippen molar-refractivity contribution in [3.05, 3.63) is 58.9 Å². The van der Waals surface area contributed by atoms with Gasteiger partial charge in [-0.05, 0) is 54.0 Å². The van der Waals surface area contributed by atoms with Crippen LogP contribution in [0.2, 0.25) is 0 Å². The fraction of sp³-hybridized carbons (Fsp3) is 0.435. The number of para-hydroxylation sites is 1. The summed E-state index contributed by atoms with van der Waals surface area (Å²) in [4.78, 5) is 13.1. The van der Waals surface area contributed by atoms with Gasteiger partial charge in [0.15, 0.2) is 0 Å². The molecule has 5 heteroatoms. The Kier molecular flexibility index (Phi) is 6.55. The first-order valence-electron chi connectivity index (χ1n) is 9.92. The van der Waals surface area contributed by atoms with Crippen molar-refractivity contribution in [1.82, 2.24) is 0 Å².